The van der Waals surface area contributed by atoms with Gasteiger partial charge < -0.3 is 10.5 Å². The Kier molecular flexibility index (Phi) is 3.14. The highest BCUT2D eigenvalue weighted by atomic mass is 19.4. The third-order valence-electron chi connectivity index (χ3n) is 2.31. The van der Waals surface area contributed by atoms with Crippen LogP contribution in [-0.2, 0) is 6.18 Å². The summed E-state index contributed by atoms with van der Waals surface area (Å²) in [5, 5.41) is 0. The Labute approximate surface area is 102 Å². The number of nitrogens with two attached hydrogens (primary N) is 1. The van der Waals surface area contributed by atoms with Crippen molar-refractivity contribution in [2.45, 2.75) is 6.18 Å². The minimum Gasteiger partial charge on any atom is -0.457 e. The zero-order valence-corrected chi connectivity index (χ0v) is 9.24. The number of hydrogen-bond acceptors (Lipinski definition) is 2. The van der Waals surface area contributed by atoms with Crippen LogP contribution in [0.15, 0.2) is 48.5 Å². The highest BCUT2D eigenvalue weighted by molar-refractivity contribution is 5.56. The van der Waals surface area contributed by atoms with Gasteiger partial charge in [0.1, 0.15) is 17.1 Å². The number of halogens is 3. The summed E-state index contributed by atoms with van der Waals surface area (Å²) in [6, 6.07) is 12.1. The van der Waals surface area contributed by atoms with Crippen molar-refractivity contribution in [2.24, 2.45) is 0 Å². The average Bonchev–Trinajstić information content (AvgIpc) is 2.28. The van der Waals surface area contributed by atoms with Gasteiger partial charge in [-0.3, -0.25) is 0 Å². The molecule has 2 aromatic rings. The molecular formula is C13H10F3NO. The average molecular weight is 253 g/mol. The highest BCUT2D eigenvalue weighted by Gasteiger charge is 2.36. The molecule has 0 aliphatic carbocycles. The van der Waals surface area contributed by atoms with E-state index in [1.165, 1.54) is 18.2 Å². The van der Waals surface area contributed by atoms with E-state index in [0.717, 1.165) is 0 Å². The van der Waals surface area contributed by atoms with E-state index in [9.17, 15) is 13.2 Å². The molecule has 0 aliphatic heterocycles. The van der Waals surface area contributed by atoms with Gasteiger partial charge in [-0.25, -0.2) is 0 Å². The van der Waals surface area contributed by atoms with Gasteiger partial charge in [-0.05, 0) is 24.3 Å². The second kappa shape index (κ2) is 4.60. The van der Waals surface area contributed by atoms with Gasteiger partial charge in [0, 0.05) is 5.69 Å². The smallest absolute Gasteiger partial charge is 0.421 e. The summed E-state index contributed by atoms with van der Waals surface area (Å²) in [6.07, 6.45) is -4.55. The van der Waals surface area contributed by atoms with Gasteiger partial charge in [0.25, 0.3) is 0 Å². The molecule has 0 radical (unpaired) electrons. The molecule has 0 bridgehead atoms. The molecular weight excluding hydrogens is 243 g/mol. The molecule has 0 aromatic heterocycles. The molecule has 0 amide bonds. The van der Waals surface area contributed by atoms with E-state index >= 15 is 0 Å². The Morgan fingerprint density at radius 1 is 0.889 bits per heavy atom. The van der Waals surface area contributed by atoms with E-state index in [1.54, 1.807) is 30.3 Å². The zero-order chi connectivity index (χ0) is 13.2. The van der Waals surface area contributed by atoms with Gasteiger partial charge in [0.2, 0.25) is 0 Å². The Bertz CT molecular complexity index is 538. The normalized spacial score (nSPS) is 11.3. The van der Waals surface area contributed by atoms with Gasteiger partial charge >= 0.3 is 6.18 Å². The van der Waals surface area contributed by atoms with Crippen molar-refractivity contribution >= 4 is 5.69 Å². The van der Waals surface area contributed by atoms with E-state index in [2.05, 4.69) is 0 Å². The fraction of sp³-hybridized carbons (Fsp3) is 0.0769. The number of hydrogen-bond donors (Lipinski definition) is 1. The van der Waals surface area contributed by atoms with Crippen LogP contribution < -0.4 is 10.5 Å². The predicted molar refractivity (Wildman–Crippen MR) is 62.4 cm³/mol. The minimum atomic E-state index is -4.55. The first kappa shape index (κ1) is 12.3. The Balaban J connectivity index is 2.43. The van der Waals surface area contributed by atoms with Crippen LogP contribution in [0.1, 0.15) is 5.56 Å². The number of ether oxygens (including phenoxy) is 1. The summed E-state index contributed by atoms with van der Waals surface area (Å²) in [5.74, 6) is 0.0299. The number of rotatable bonds is 2. The van der Waals surface area contributed by atoms with Crippen molar-refractivity contribution in [1.82, 2.24) is 0 Å². The van der Waals surface area contributed by atoms with E-state index in [-0.39, 0.29) is 11.4 Å². The first-order chi connectivity index (χ1) is 8.48. The summed E-state index contributed by atoms with van der Waals surface area (Å²) in [4.78, 5) is 0. The molecule has 2 rings (SSSR count). The van der Waals surface area contributed by atoms with E-state index in [4.69, 9.17) is 10.5 Å². The molecule has 0 saturated heterocycles. The third-order valence-corrected chi connectivity index (χ3v) is 2.31. The molecule has 0 atom stereocenters. The van der Waals surface area contributed by atoms with E-state index < -0.39 is 11.7 Å². The second-order valence-corrected chi connectivity index (χ2v) is 3.63. The van der Waals surface area contributed by atoms with Gasteiger partial charge in [-0.2, -0.15) is 13.2 Å². The van der Waals surface area contributed by atoms with Crippen molar-refractivity contribution < 1.29 is 17.9 Å². The predicted octanol–water partition coefficient (Wildman–Crippen LogP) is 4.08. The van der Waals surface area contributed by atoms with Crippen LogP contribution >= 0.6 is 0 Å². The van der Waals surface area contributed by atoms with Crippen LogP contribution in [0.2, 0.25) is 0 Å². The Hall–Kier alpha value is -2.17. The monoisotopic (exact) mass is 253 g/mol. The van der Waals surface area contributed by atoms with Crippen LogP contribution in [0.3, 0.4) is 0 Å². The molecule has 18 heavy (non-hydrogen) atoms. The quantitative estimate of drug-likeness (QED) is 0.818. The standard InChI is InChI=1S/C13H10F3NO/c14-13(15,16)12-10(17)7-4-8-11(12)18-9-5-2-1-3-6-9/h1-8H,17H2. The maximum absolute atomic E-state index is 12.9. The molecule has 0 aliphatic rings. The highest BCUT2D eigenvalue weighted by Crippen LogP contribution is 2.41. The lowest BCUT2D eigenvalue weighted by atomic mass is 10.1. The zero-order valence-electron chi connectivity index (χ0n) is 9.24. The summed E-state index contributed by atoms with van der Waals surface area (Å²) in [5.41, 5.74) is 4.06. The molecule has 0 heterocycles. The fourth-order valence-electron chi connectivity index (χ4n) is 1.55. The summed E-state index contributed by atoms with van der Waals surface area (Å²) < 4.78 is 43.8. The molecule has 2 N–H and O–H groups in total. The number of nitrogen functional groups attached to an aromatic ring is 1. The molecule has 0 fully saturated rings. The summed E-state index contributed by atoms with van der Waals surface area (Å²) >= 11 is 0. The van der Waals surface area contributed by atoms with Crippen LogP contribution in [0.25, 0.3) is 0 Å². The van der Waals surface area contributed by atoms with Crippen molar-refractivity contribution in [2.75, 3.05) is 5.73 Å². The topological polar surface area (TPSA) is 35.2 Å². The second-order valence-electron chi connectivity index (χ2n) is 3.63. The lowest BCUT2D eigenvalue weighted by Gasteiger charge is -2.15. The van der Waals surface area contributed by atoms with Gasteiger partial charge in [0.05, 0.1) is 0 Å². The summed E-state index contributed by atoms with van der Waals surface area (Å²) in [7, 11) is 0. The molecule has 2 aromatic carbocycles. The molecule has 5 heteroatoms. The van der Waals surface area contributed by atoms with Crippen LogP contribution in [0.5, 0.6) is 11.5 Å². The molecule has 2 nitrogen and oxygen atoms in total. The maximum Gasteiger partial charge on any atom is 0.421 e. The third kappa shape index (κ3) is 2.56. The fourth-order valence-corrected chi connectivity index (χ4v) is 1.55. The van der Waals surface area contributed by atoms with Crippen LogP contribution in [-0.4, -0.2) is 0 Å². The first-order valence-electron chi connectivity index (χ1n) is 5.17. The van der Waals surface area contributed by atoms with E-state index in [0.29, 0.717) is 5.75 Å². The van der Waals surface area contributed by atoms with Gasteiger partial charge in [-0.1, -0.05) is 24.3 Å². The minimum absolute atomic E-state index is 0.297. The van der Waals surface area contributed by atoms with Crippen molar-refractivity contribution in [3.05, 3.63) is 54.1 Å². The van der Waals surface area contributed by atoms with Crippen LogP contribution in [0.4, 0.5) is 18.9 Å². The van der Waals surface area contributed by atoms with Gasteiger partial charge in [-0.15, -0.1) is 0 Å². The van der Waals surface area contributed by atoms with E-state index in [1.807, 2.05) is 0 Å². The number of anilines is 1. The Morgan fingerprint density at radius 3 is 2.17 bits per heavy atom. The Morgan fingerprint density at radius 2 is 1.56 bits per heavy atom. The molecule has 0 spiro atoms. The van der Waals surface area contributed by atoms with Crippen molar-refractivity contribution in [1.29, 1.82) is 0 Å². The number of benzene rings is 2. The number of para-hydroxylation sites is 1. The van der Waals surface area contributed by atoms with Gasteiger partial charge in [0.15, 0.2) is 0 Å². The molecule has 0 unspecified atom stereocenters. The SMILES string of the molecule is Nc1cccc(Oc2ccccc2)c1C(F)(F)F. The maximum atomic E-state index is 12.9. The van der Waals surface area contributed by atoms with Crippen molar-refractivity contribution in [3.63, 3.8) is 0 Å². The lowest BCUT2D eigenvalue weighted by Crippen LogP contribution is -2.10. The van der Waals surface area contributed by atoms with Crippen LogP contribution in [0, 0.1) is 0 Å². The summed E-state index contributed by atoms with van der Waals surface area (Å²) in [6.45, 7) is 0. The molecule has 0 saturated carbocycles. The first-order valence-corrected chi connectivity index (χ1v) is 5.17. The molecule has 94 valence electrons. The lowest BCUT2D eigenvalue weighted by molar-refractivity contribution is -0.137. The number of alkyl halides is 3. The van der Waals surface area contributed by atoms with Crippen molar-refractivity contribution in [3.8, 4) is 11.5 Å². The largest absolute Gasteiger partial charge is 0.457 e.